The molecule has 1 atom stereocenters. The fourth-order valence-electron chi connectivity index (χ4n) is 5.01. The number of carbonyl (C=O) groups excluding carboxylic acids is 1. The second kappa shape index (κ2) is 9.73. The van der Waals surface area contributed by atoms with Gasteiger partial charge in [-0.2, -0.15) is 0 Å². The molecule has 1 aliphatic heterocycles. The average Bonchev–Trinajstić information content (AvgIpc) is 3.14. The van der Waals surface area contributed by atoms with E-state index in [1.807, 2.05) is 45.9 Å². The Kier molecular flexibility index (Phi) is 6.46. The maximum atomic E-state index is 13.9. The number of halogens is 1. The molecule has 0 saturated heterocycles. The van der Waals surface area contributed by atoms with Crippen molar-refractivity contribution in [2.45, 2.75) is 40.3 Å². The van der Waals surface area contributed by atoms with Crippen molar-refractivity contribution in [2.75, 3.05) is 13.2 Å². The Labute approximate surface area is 214 Å². The molecule has 0 radical (unpaired) electrons. The first-order valence-electron chi connectivity index (χ1n) is 12.3. The lowest BCUT2D eigenvalue weighted by molar-refractivity contribution is 0.0714. The predicted octanol–water partition coefficient (Wildman–Crippen LogP) is 6.09. The van der Waals surface area contributed by atoms with Gasteiger partial charge in [-0.25, -0.2) is 4.39 Å². The van der Waals surface area contributed by atoms with Crippen LogP contribution in [-0.4, -0.2) is 24.0 Å². The second-order valence-electron chi connectivity index (χ2n) is 9.17. The highest BCUT2D eigenvalue weighted by molar-refractivity contribution is 5.99. The summed E-state index contributed by atoms with van der Waals surface area (Å²) in [6, 6.07) is 14.4. The summed E-state index contributed by atoms with van der Waals surface area (Å²) in [6.07, 6.45) is 0. The average molecular weight is 502 g/mol. The number of hydrogen-bond donors (Lipinski definition) is 0. The number of fused-ring (bicyclic) bond motifs is 2. The topological polar surface area (TPSA) is 69.0 Å². The largest absolute Gasteiger partial charge is 0.490 e. The van der Waals surface area contributed by atoms with Gasteiger partial charge in [-0.3, -0.25) is 9.59 Å². The number of benzene rings is 3. The van der Waals surface area contributed by atoms with Crippen molar-refractivity contribution < 1.29 is 23.1 Å². The third kappa shape index (κ3) is 4.35. The number of hydrogen-bond acceptors (Lipinski definition) is 5. The third-order valence-corrected chi connectivity index (χ3v) is 6.55. The van der Waals surface area contributed by atoms with Crippen molar-refractivity contribution in [3.05, 3.63) is 104 Å². The van der Waals surface area contributed by atoms with Crippen LogP contribution in [0.2, 0.25) is 0 Å². The quantitative estimate of drug-likeness (QED) is 0.306. The molecule has 0 saturated carbocycles. The molecule has 5 rings (SSSR count). The number of nitrogens with zero attached hydrogens (tertiary/aromatic N) is 1. The second-order valence-corrected chi connectivity index (χ2v) is 9.17. The van der Waals surface area contributed by atoms with Gasteiger partial charge in [-0.1, -0.05) is 24.3 Å². The van der Waals surface area contributed by atoms with Crippen LogP contribution >= 0.6 is 0 Å². The third-order valence-electron chi connectivity index (χ3n) is 6.55. The molecule has 7 heteroatoms. The molecular formula is C30H28FNO5. The molecule has 0 aliphatic carbocycles. The first-order chi connectivity index (χ1) is 17.8. The molecule has 1 unspecified atom stereocenters. The summed E-state index contributed by atoms with van der Waals surface area (Å²) in [4.78, 5) is 29.3. The van der Waals surface area contributed by atoms with E-state index in [0.717, 1.165) is 16.7 Å². The first kappa shape index (κ1) is 24.6. The van der Waals surface area contributed by atoms with E-state index >= 15 is 0 Å². The lowest BCUT2D eigenvalue weighted by atomic mass is 9.96. The Morgan fingerprint density at radius 3 is 2.32 bits per heavy atom. The van der Waals surface area contributed by atoms with Gasteiger partial charge in [-0.15, -0.1) is 0 Å². The van der Waals surface area contributed by atoms with Gasteiger partial charge in [0.15, 0.2) is 16.9 Å². The molecule has 2 heterocycles. The highest BCUT2D eigenvalue weighted by Crippen LogP contribution is 2.42. The summed E-state index contributed by atoms with van der Waals surface area (Å²) in [5, 5.41) is 0.439. The van der Waals surface area contributed by atoms with E-state index in [2.05, 4.69) is 0 Å². The number of rotatable bonds is 7. The SMILES string of the molecule is CCOc1ccc(C2c3c(oc4c(C)cc(C)cc4c3=O)C(=O)N2Cc2ccc(F)cc2)cc1OCC. The van der Waals surface area contributed by atoms with Gasteiger partial charge < -0.3 is 18.8 Å². The minimum atomic E-state index is -0.719. The van der Waals surface area contributed by atoms with Crippen LogP contribution in [-0.2, 0) is 6.54 Å². The van der Waals surface area contributed by atoms with E-state index in [-0.39, 0.29) is 29.1 Å². The molecule has 1 aliphatic rings. The smallest absolute Gasteiger partial charge is 0.291 e. The maximum absolute atomic E-state index is 13.9. The van der Waals surface area contributed by atoms with Crippen LogP contribution in [0.1, 0.15) is 58.3 Å². The maximum Gasteiger partial charge on any atom is 0.291 e. The Morgan fingerprint density at radius 1 is 0.919 bits per heavy atom. The summed E-state index contributed by atoms with van der Waals surface area (Å²) >= 11 is 0. The van der Waals surface area contributed by atoms with Crippen LogP contribution in [0.3, 0.4) is 0 Å². The van der Waals surface area contributed by atoms with Crippen LogP contribution in [0, 0.1) is 19.7 Å². The van der Waals surface area contributed by atoms with Gasteiger partial charge in [-0.05, 0) is 80.3 Å². The zero-order valence-electron chi connectivity index (χ0n) is 21.3. The normalized spacial score (nSPS) is 14.8. The number of amides is 1. The molecule has 37 heavy (non-hydrogen) atoms. The van der Waals surface area contributed by atoms with E-state index < -0.39 is 11.9 Å². The predicted molar refractivity (Wildman–Crippen MR) is 139 cm³/mol. The van der Waals surface area contributed by atoms with Gasteiger partial charge in [0, 0.05) is 6.54 Å². The Bertz CT molecular complexity index is 1560. The molecular weight excluding hydrogens is 473 g/mol. The summed E-state index contributed by atoms with van der Waals surface area (Å²) in [6.45, 7) is 8.60. The highest BCUT2D eigenvalue weighted by Gasteiger charge is 2.43. The van der Waals surface area contributed by atoms with Crippen LogP contribution in [0.5, 0.6) is 11.5 Å². The molecule has 3 aromatic carbocycles. The van der Waals surface area contributed by atoms with Gasteiger partial charge in [0.25, 0.3) is 5.91 Å². The van der Waals surface area contributed by atoms with Gasteiger partial charge in [0.1, 0.15) is 11.4 Å². The molecule has 1 amide bonds. The minimum Gasteiger partial charge on any atom is -0.490 e. The van der Waals surface area contributed by atoms with E-state index in [9.17, 15) is 14.0 Å². The van der Waals surface area contributed by atoms with Crippen LogP contribution in [0.15, 0.2) is 63.8 Å². The zero-order valence-corrected chi connectivity index (χ0v) is 21.3. The van der Waals surface area contributed by atoms with E-state index in [0.29, 0.717) is 41.2 Å². The van der Waals surface area contributed by atoms with Crippen molar-refractivity contribution in [1.82, 2.24) is 4.90 Å². The van der Waals surface area contributed by atoms with Crippen molar-refractivity contribution in [1.29, 1.82) is 0 Å². The Hall–Kier alpha value is -4.13. The Morgan fingerprint density at radius 2 is 1.62 bits per heavy atom. The molecule has 6 nitrogen and oxygen atoms in total. The summed E-state index contributed by atoms with van der Waals surface area (Å²) < 4.78 is 31.3. The number of carbonyl (C=O) groups is 1. The minimum absolute atomic E-state index is 0.0309. The first-order valence-corrected chi connectivity index (χ1v) is 12.3. The standard InChI is InChI=1S/C30H28FNO5/c1-5-35-23-12-9-20(15-24(23)36-6-2)26-25-27(33)22-14-17(3)13-18(4)28(22)37-29(25)30(34)32(26)16-19-7-10-21(31)11-8-19/h7-15,26H,5-6,16H2,1-4H3. The number of ether oxygens (including phenoxy) is 2. The Balaban J connectivity index is 1.73. The van der Waals surface area contributed by atoms with Gasteiger partial charge >= 0.3 is 0 Å². The van der Waals surface area contributed by atoms with Crippen molar-refractivity contribution in [3.63, 3.8) is 0 Å². The summed E-state index contributed by atoms with van der Waals surface area (Å²) in [7, 11) is 0. The molecule has 1 aromatic heterocycles. The molecule has 0 spiro atoms. The molecule has 0 fully saturated rings. The molecule has 0 bridgehead atoms. The monoisotopic (exact) mass is 501 g/mol. The molecule has 190 valence electrons. The lowest BCUT2D eigenvalue weighted by Gasteiger charge is -2.26. The highest BCUT2D eigenvalue weighted by atomic mass is 19.1. The van der Waals surface area contributed by atoms with Crippen LogP contribution in [0.4, 0.5) is 4.39 Å². The van der Waals surface area contributed by atoms with Crippen molar-refractivity contribution in [2.24, 2.45) is 0 Å². The zero-order chi connectivity index (χ0) is 26.3. The van der Waals surface area contributed by atoms with E-state index in [4.69, 9.17) is 13.9 Å². The lowest BCUT2D eigenvalue weighted by Crippen LogP contribution is -2.29. The summed E-state index contributed by atoms with van der Waals surface area (Å²) in [5.74, 6) is 0.387. The van der Waals surface area contributed by atoms with Crippen LogP contribution < -0.4 is 14.9 Å². The van der Waals surface area contributed by atoms with Gasteiger partial charge in [0.2, 0.25) is 5.76 Å². The fraction of sp³-hybridized carbons (Fsp3) is 0.267. The van der Waals surface area contributed by atoms with E-state index in [1.54, 1.807) is 29.2 Å². The summed E-state index contributed by atoms with van der Waals surface area (Å²) in [5.41, 5.74) is 3.60. The van der Waals surface area contributed by atoms with Crippen molar-refractivity contribution in [3.8, 4) is 11.5 Å². The molecule has 0 N–H and O–H groups in total. The van der Waals surface area contributed by atoms with E-state index in [1.165, 1.54) is 12.1 Å². The fourth-order valence-corrected chi connectivity index (χ4v) is 5.01. The van der Waals surface area contributed by atoms with Crippen molar-refractivity contribution >= 4 is 16.9 Å². The number of aryl methyl sites for hydroxylation is 2. The van der Waals surface area contributed by atoms with Gasteiger partial charge in [0.05, 0.1) is 30.2 Å². The molecule has 4 aromatic rings. The van der Waals surface area contributed by atoms with Crippen LogP contribution in [0.25, 0.3) is 11.0 Å².